The van der Waals surface area contributed by atoms with Crippen molar-refractivity contribution in [2.45, 2.75) is 25.7 Å². The second kappa shape index (κ2) is 8.65. The van der Waals surface area contributed by atoms with Crippen LogP contribution in [0, 0.1) is 11.7 Å². The zero-order valence-corrected chi connectivity index (χ0v) is 11.9. The molecule has 0 amide bonds. The second-order valence-electron chi connectivity index (χ2n) is 4.34. The molecule has 0 saturated heterocycles. The van der Waals surface area contributed by atoms with Crippen molar-refractivity contribution in [1.82, 2.24) is 0 Å². The van der Waals surface area contributed by atoms with E-state index in [1.54, 1.807) is 19.2 Å². The van der Waals surface area contributed by atoms with Gasteiger partial charge in [-0.15, -0.1) is 0 Å². The number of hydrogen-bond acceptors (Lipinski definition) is 1. The molecule has 96 valence electrons. The monoisotopic (exact) mass is 302 g/mol. The van der Waals surface area contributed by atoms with Crippen molar-refractivity contribution in [3.63, 3.8) is 0 Å². The van der Waals surface area contributed by atoms with Crippen LogP contribution in [0.3, 0.4) is 0 Å². The van der Waals surface area contributed by atoms with E-state index >= 15 is 0 Å². The molecule has 1 aromatic carbocycles. The van der Waals surface area contributed by atoms with E-state index in [1.807, 2.05) is 6.07 Å². The van der Waals surface area contributed by atoms with E-state index in [0.29, 0.717) is 5.92 Å². The Labute approximate surface area is 111 Å². The molecule has 0 N–H and O–H groups in total. The molecule has 0 saturated carbocycles. The molecule has 0 fully saturated rings. The van der Waals surface area contributed by atoms with Gasteiger partial charge in [0.1, 0.15) is 5.82 Å². The van der Waals surface area contributed by atoms with Gasteiger partial charge in [0.2, 0.25) is 0 Å². The van der Waals surface area contributed by atoms with Gasteiger partial charge in [-0.3, -0.25) is 0 Å². The Balaban J connectivity index is 2.35. The van der Waals surface area contributed by atoms with Gasteiger partial charge in [0.15, 0.2) is 0 Å². The minimum atomic E-state index is -0.143. The number of alkyl halides is 1. The maximum absolute atomic E-state index is 13.0. The van der Waals surface area contributed by atoms with Crippen molar-refractivity contribution in [3.8, 4) is 0 Å². The average molecular weight is 303 g/mol. The minimum absolute atomic E-state index is 0.143. The number of hydrogen-bond donors (Lipinski definition) is 0. The van der Waals surface area contributed by atoms with E-state index in [-0.39, 0.29) is 5.82 Å². The fourth-order valence-corrected chi connectivity index (χ4v) is 2.46. The van der Waals surface area contributed by atoms with Crippen LogP contribution in [0.2, 0.25) is 0 Å². The molecule has 0 heterocycles. The predicted molar refractivity (Wildman–Crippen MR) is 73.1 cm³/mol. The summed E-state index contributed by atoms with van der Waals surface area (Å²) in [4.78, 5) is 0. The van der Waals surface area contributed by atoms with Crippen LogP contribution in [0.4, 0.5) is 4.39 Å². The van der Waals surface area contributed by atoms with E-state index in [9.17, 15) is 4.39 Å². The van der Waals surface area contributed by atoms with Gasteiger partial charge < -0.3 is 4.74 Å². The number of ether oxygens (including phenoxy) is 1. The molecule has 0 radical (unpaired) electrons. The van der Waals surface area contributed by atoms with E-state index in [0.717, 1.165) is 36.8 Å². The van der Waals surface area contributed by atoms with Crippen LogP contribution in [0.1, 0.15) is 24.8 Å². The Morgan fingerprint density at radius 3 is 2.82 bits per heavy atom. The number of unbranched alkanes of at least 4 members (excludes halogenated alkanes) is 1. The van der Waals surface area contributed by atoms with Gasteiger partial charge in [0, 0.05) is 19.0 Å². The lowest BCUT2D eigenvalue weighted by Crippen LogP contribution is -2.07. The van der Waals surface area contributed by atoms with Crippen LogP contribution >= 0.6 is 15.9 Å². The Hall–Kier alpha value is -0.410. The topological polar surface area (TPSA) is 9.23 Å². The molecular formula is C14H20BrFO. The van der Waals surface area contributed by atoms with E-state index in [4.69, 9.17) is 4.74 Å². The largest absolute Gasteiger partial charge is 0.385 e. The smallest absolute Gasteiger partial charge is 0.123 e. The molecule has 17 heavy (non-hydrogen) atoms. The summed E-state index contributed by atoms with van der Waals surface area (Å²) < 4.78 is 18.1. The van der Waals surface area contributed by atoms with Crippen molar-refractivity contribution in [2.24, 2.45) is 5.92 Å². The normalized spacial score (nSPS) is 12.6. The first kappa shape index (κ1) is 14.7. The highest BCUT2D eigenvalue weighted by Crippen LogP contribution is 2.18. The summed E-state index contributed by atoms with van der Waals surface area (Å²) in [5.41, 5.74) is 1.08. The minimum Gasteiger partial charge on any atom is -0.385 e. The average Bonchev–Trinajstić information content (AvgIpc) is 2.33. The van der Waals surface area contributed by atoms with Crippen LogP contribution in [0.15, 0.2) is 24.3 Å². The van der Waals surface area contributed by atoms with Gasteiger partial charge in [-0.25, -0.2) is 4.39 Å². The third kappa shape index (κ3) is 6.18. The molecule has 1 aromatic rings. The Morgan fingerprint density at radius 2 is 2.18 bits per heavy atom. The SMILES string of the molecule is COCCCCC(CBr)Cc1cccc(F)c1. The predicted octanol–water partition coefficient (Wildman–Crippen LogP) is 4.20. The summed E-state index contributed by atoms with van der Waals surface area (Å²) in [5.74, 6) is 0.434. The maximum atomic E-state index is 13.0. The Bertz CT molecular complexity index is 317. The molecule has 0 aliphatic heterocycles. The highest BCUT2D eigenvalue weighted by Gasteiger charge is 2.08. The van der Waals surface area contributed by atoms with Gasteiger partial charge in [0.25, 0.3) is 0 Å². The molecule has 0 aliphatic rings. The molecule has 3 heteroatoms. The molecular weight excluding hydrogens is 283 g/mol. The number of methoxy groups -OCH3 is 1. The Kier molecular flexibility index (Phi) is 7.45. The van der Waals surface area contributed by atoms with Crippen LogP contribution in [-0.4, -0.2) is 19.0 Å². The van der Waals surface area contributed by atoms with Gasteiger partial charge in [-0.05, 0) is 42.9 Å². The fraction of sp³-hybridized carbons (Fsp3) is 0.571. The van der Waals surface area contributed by atoms with Crippen molar-refractivity contribution in [2.75, 3.05) is 19.0 Å². The zero-order valence-electron chi connectivity index (χ0n) is 10.3. The first-order valence-electron chi connectivity index (χ1n) is 6.05. The van der Waals surface area contributed by atoms with Crippen molar-refractivity contribution in [1.29, 1.82) is 0 Å². The summed E-state index contributed by atoms with van der Waals surface area (Å²) in [7, 11) is 1.73. The van der Waals surface area contributed by atoms with Gasteiger partial charge >= 0.3 is 0 Å². The third-order valence-corrected chi connectivity index (χ3v) is 3.76. The molecule has 0 spiro atoms. The lowest BCUT2D eigenvalue weighted by molar-refractivity contribution is 0.190. The molecule has 0 aromatic heterocycles. The molecule has 1 atom stereocenters. The molecule has 1 rings (SSSR count). The number of rotatable bonds is 8. The van der Waals surface area contributed by atoms with E-state index < -0.39 is 0 Å². The van der Waals surface area contributed by atoms with Crippen molar-refractivity contribution < 1.29 is 9.13 Å². The number of halogens is 2. The summed E-state index contributed by atoms with van der Waals surface area (Å²) in [5, 5.41) is 0.969. The van der Waals surface area contributed by atoms with Gasteiger partial charge in [-0.2, -0.15) is 0 Å². The molecule has 0 bridgehead atoms. The summed E-state index contributed by atoms with van der Waals surface area (Å²) in [6, 6.07) is 6.89. The summed E-state index contributed by atoms with van der Waals surface area (Å²) >= 11 is 3.54. The fourth-order valence-electron chi connectivity index (χ4n) is 1.91. The molecule has 0 aliphatic carbocycles. The first-order valence-corrected chi connectivity index (χ1v) is 7.17. The molecule has 1 unspecified atom stereocenters. The summed E-state index contributed by atoms with van der Waals surface area (Å²) in [6.07, 6.45) is 4.36. The highest BCUT2D eigenvalue weighted by atomic mass is 79.9. The van der Waals surface area contributed by atoms with E-state index in [1.165, 1.54) is 12.5 Å². The van der Waals surface area contributed by atoms with Crippen LogP contribution in [0.25, 0.3) is 0 Å². The lowest BCUT2D eigenvalue weighted by Gasteiger charge is -2.13. The summed E-state index contributed by atoms with van der Waals surface area (Å²) in [6.45, 7) is 0.828. The van der Waals surface area contributed by atoms with Crippen molar-refractivity contribution >= 4 is 15.9 Å². The number of benzene rings is 1. The third-order valence-electron chi connectivity index (χ3n) is 2.84. The van der Waals surface area contributed by atoms with Crippen LogP contribution in [-0.2, 0) is 11.2 Å². The maximum Gasteiger partial charge on any atom is 0.123 e. The first-order chi connectivity index (χ1) is 8.26. The van der Waals surface area contributed by atoms with E-state index in [2.05, 4.69) is 15.9 Å². The zero-order chi connectivity index (χ0) is 12.5. The van der Waals surface area contributed by atoms with Gasteiger partial charge in [-0.1, -0.05) is 34.5 Å². The van der Waals surface area contributed by atoms with Gasteiger partial charge in [0.05, 0.1) is 0 Å². The van der Waals surface area contributed by atoms with Crippen LogP contribution < -0.4 is 0 Å². The second-order valence-corrected chi connectivity index (χ2v) is 4.99. The van der Waals surface area contributed by atoms with Crippen LogP contribution in [0.5, 0.6) is 0 Å². The molecule has 1 nitrogen and oxygen atoms in total. The lowest BCUT2D eigenvalue weighted by atomic mass is 9.96. The standard InChI is InChI=1S/C14H20BrFO/c1-17-8-3-2-5-13(11-15)9-12-6-4-7-14(16)10-12/h4,6-7,10,13H,2-3,5,8-9,11H2,1H3. The van der Waals surface area contributed by atoms with Crippen molar-refractivity contribution in [3.05, 3.63) is 35.6 Å². The Morgan fingerprint density at radius 1 is 1.35 bits per heavy atom. The quantitative estimate of drug-likeness (QED) is 0.517. The highest BCUT2D eigenvalue weighted by molar-refractivity contribution is 9.09.